The zero-order valence-electron chi connectivity index (χ0n) is 9.24. The Morgan fingerprint density at radius 1 is 1.47 bits per heavy atom. The summed E-state index contributed by atoms with van der Waals surface area (Å²) in [5.41, 5.74) is 0.834. The molecule has 1 aromatic heterocycles. The molecule has 1 aliphatic rings. The summed E-state index contributed by atoms with van der Waals surface area (Å²) >= 11 is 0. The molecule has 0 radical (unpaired) electrons. The van der Waals surface area contributed by atoms with Crippen LogP contribution in [0.15, 0.2) is 42.8 Å². The van der Waals surface area contributed by atoms with Gasteiger partial charge in [-0.25, -0.2) is 0 Å². The topological polar surface area (TPSA) is 50.3 Å². The van der Waals surface area contributed by atoms with Crippen LogP contribution in [0, 0.1) is 0 Å². The van der Waals surface area contributed by atoms with Crippen molar-refractivity contribution in [3.8, 4) is 0 Å². The van der Waals surface area contributed by atoms with Crippen LogP contribution in [0.1, 0.15) is 12.0 Å². The fourth-order valence-corrected chi connectivity index (χ4v) is 1.54. The van der Waals surface area contributed by atoms with Gasteiger partial charge in [0.15, 0.2) is 0 Å². The molecule has 4 heteroatoms. The van der Waals surface area contributed by atoms with Crippen LogP contribution in [-0.4, -0.2) is 28.2 Å². The van der Waals surface area contributed by atoms with Gasteiger partial charge in [-0.1, -0.05) is 12.1 Å². The van der Waals surface area contributed by atoms with E-state index in [1.165, 1.54) is 17.1 Å². The predicted molar refractivity (Wildman–Crippen MR) is 63.7 cm³/mol. The van der Waals surface area contributed by atoms with Crippen molar-refractivity contribution in [2.75, 3.05) is 6.54 Å². The third-order valence-electron chi connectivity index (χ3n) is 2.41. The predicted octanol–water partition coefficient (Wildman–Crippen LogP) is 1.41. The summed E-state index contributed by atoms with van der Waals surface area (Å²) in [4.78, 5) is 28.3. The van der Waals surface area contributed by atoms with Crippen LogP contribution in [0.3, 0.4) is 0 Å². The Morgan fingerprint density at radius 2 is 2.35 bits per heavy atom. The van der Waals surface area contributed by atoms with Crippen LogP contribution in [0.4, 0.5) is 0 Å². The lowest BCUT2D eigenvalue weighted by Gasteiger charge is -2.19. The van der Waals surface area contributed by atoms with E-state index >= 15 is 0 Å². The van der Waals surface area contributed by atoms with Crippen LogP contribution in [0.2, 0.25) is 0 Å². The summed E-state index contributed by atoms with van der Waals surface area (Å²) in [5.74, 6) is -0.541. The van der Waals surface area contributed by atoms with Crippen LogP contribution >= 0.6 is 0 Å². The third kappa shape index (κ3) is 2.87. The molecule has 0 spiro atoms. The average Bonchev–Trinajstić information content (AvgIpc) is 2.38. The molecule has 0 atom stereocenters. The second-order valence-corrected chi connectivity index (χ2v) is 3.64. The summed E-state index contributed by atoms with van der Waals surface area (Å²) in [5, 5.41) is 0. The Morgan fingerprint density at radius 3 is 3.06 bits per heavy atom. The van der Waals surface area contributed by atoms with Gasteiger partial charge in [-0.2, -0.15) is 0 Å². The smallest absolute Gasteiger partial charge is 0.253 e. The summed E-state index contributed by atoms with van der Waals surface area (Å²) in [6.45, 7) is 0.450. The maximum Gasteiger partial charge on any atom is 0.253 e. The van der Waals surface area contributed by atoms with Crippen molar-refractivity contribution in [2.45, 2.75) is 6.42 Å². The number of carbonyl (C=O) groups excluding carboxylic acids is 2. The highest BCUT2D eigenvalue weighted by Gasteiger charge is 2.18. The van der Waals surface area contributed by atoms with Gasteiger partial charge in [0.1, 0.15) is 0 Å². The Balaban J connectivity index is 2.04. The van der Waals surface area contributed by atoms with Crippen molar-refractivity contribution >= 4 is 17.9 Å². The van der Waals surface area contributed by atoms with Crippen LogP contribution in [0.5, 0.6) is 0 Å². The van der Waals surface area contributed by atoms with Gasteiger partial charge >= 0.3 is 0 Å². The summed E-state index contributed by atoms with van der Waals surface area (Å²) < 4.78 is 0. The molecule has 86 valence electrons. The van der Waals surface area contributed by atoms with Crippen LogP contribution in [-0.2, 0) is 9.59 Å². The fraction of sp³-hybridized carbons (Fsp3) is 0.154. The Bertz CT molecular complexity index is 477. The second-order valence-electron chi connectivity index (χ2n) is 3.64. The minimum absolute atomic E-state index is 0.253. The maximum absolute atomic E-state index is 11.7. The van der Waals surface area contributed by atoms with E-state index in [4.69, 9.17) is 0 Å². The molecule has 0 aliphatic carbocycles. The van der Waals surface area contributed by atoms with Crippen molar-refractivity contribution in [3.63, 3.8) is 0 Å². The van der Waals surface area contributed by atoms with Crippen LogP contribution in [0.25, 0.3) is 6.08 Å². The van der Waals surface area contributed by atoms with Gasteiger partial charge < -0.3 is 0 Å². The summed E-state index contributed by atoms with van der Waals surface area (Å²) in [6.07, 6.45) is 10.3. The van der Waals surface area contributed by atoms with E-state index in [9.17, 15) is 9.59 Å². The summed E-state index contributed by atoms with van der Waals surface area (Å²) in [7, 11) is 0. The lowest BCUT2D eigenvalue weighted by atomic mass is 10.2. The highest BCUT2D eigenvalue weighted by atomic mass is 16.2. The molecule has 2 rings (SSSR count). The molecular weight excluding hydrogens is 216 g/mol. The first-order chi connectivity index (χ1) is 8.27. The van der Waals surface area contributed by atoms with E-state index in [1.54, 1.807) is 30.6 Å². The van der Waals surface area contributed by atoms with Gasteiger partial charge in [0.05, 0.1) is 0 Å². The number of carbonyl (C=O) groups is 2. The molecule has 1 aromatic rings. The normalized spacial score (nSPS) is 15.5. The minimum Gasteiger partial charge on any atom is -0.275 e. The molecule has 0 fully saturated rings. The van der Waals surface area contributed by atoms with Gasteiger partial charge in [0.2, 0.25) is 0 Å². The number of pyridine rings is 1. The van der Waals surface area contributed by atoms with Crippen LogP contribution < -0.4 is 0 Å². The molecule has 0 aromatic carbocycles. The molecule has 0 saturated carbocycles. The standard InChI is InChI=1S/C13H12N2O2/c16-12-5-1-2-9-15(12)13(17)7-6-11-4-3-8-14-10-11/h1,3-8,10H,2,9H2/b7-6+. The number of hydrogen-bond donors (Lipinski definition) is 0. The zero-order valence-corrected chi connectivity index (χ0v) is 9.24. The molecule has 2 heterocycles. The Hall–Kier alpha value is -2.23. The highest BCUT2D eigenvalue weighted by molar-refractivity contribution is 6.06. The first kappa shape index (κ1) is 11.3. The lowest BCUT2D eigenvalue weighted by molar-refractivity contribution is -0.139. The number of imide groups is 1. The zero-order chi connectivity index (χ0) is 12.1. The van der Waals surface area contributed by atoms with Crippen molar-refractivity contribution in [1.82, 2.24) is 9.88 Å². The van der Waals surface area contributed by atoms with Gasteiger partial charge in [-0.15, -0.1) is 0 Å². The monoisotopic (exact) mass is 228 g/mol. The van der Waals surface area contributed by atoms with E-state index in [0.717, 1.165) is 12.0 Å². The number of rotatable bonds is 2. The van der Waals surface area contributed by atoms with Gasteiger partial charge in [0.25, 0.3) is 11.8 Å². The molecule has 1 aliphatic heterocycles. The quantitative estimate of drug-likeness (QED) is 0.719. The molecule has 0 saturated heterocycles. The number of nitrogens with zero attached hydrogens (tertiary/aromatic N) is 2. The van der Waals surface area contributed by atoms with E-state index in [1.807, 2.05) is 6.07 Å². The van der Waals surface area contributed by atoms with Crippen molar-refractivity contribution in [2.24, 2.45) is 0 Å². The van der Waals surface area contributed by atoms with E-state index in [0.29, 0.717) is 6.54 Å². The third-order valence-corrected chi connectivity index (χ3v) is 2.41. The fourth-order valence-electron chi connectivity index (χ4n) is 1.54. The van der Waals surface area contributed by atoms with Gasteiger partial charge in [0, 0.05) is 25.0 Å². The van der Waals surface area contributed by atoms with E-state index in [-0.39, 0.29) is 11.8 Å². The minimum atomic E-state index is -0.289. The number of aromatic nitrogens is 1. The highest BCUT2D eigenvalue weighted by Crippen LogP contribution is 2.05. The Kier molecular flexibility index (Phi) is 3.45. The largest absolute Gasteiger partial charge is 0.275 e. The van der Waals surface area contributed by atoms with E-state index < -0.39 is 0 Å². The molecular formula is C13H12N2O2. The molecule has 4 nitrogen and oxygen atoms in total. The van der Waals surface area contributed by atoms with Gasteiger partial charge in [-0.3, -0.25) is 19.5 Å². The number of amides is 2. The first-order valence-electron chi connectivity index (χ1n) is 5.37. The lowest BCUT2D eigenvalue weighted by Crippen LogP contribution is -2.37. The maximum atomic E-state index is 11.7. The summed E-state index contributed by atoms with van der Waals surface area (Å²) in [6, 6.07) is 3.63. The van der Waals surface area contributed by atoms with Gasteiger partial charge in [-0.05, 0) is 30.2 Å². The molecule has 17 heavy (non-hydrogen) atoms. The van der Waals surface area contributed by atoms with E-state index in [2.05, 4.69) is 4.98 Å². The van der Waals surface area contributed by atoms with Crippen molar-refractivity contribution < 1.29 is 9.59 Å². The number of hydrogen-bond acceptors (Lipinski definition) is 3. The van der Waals surface area contributed by atoms with Crippen molar-refractivity contribution in [1.29, 1.82) is 0 Å². The average molecular weight is 228 g/mol. The molecule has 0 unspecified atom stereocenters. The molecule has 0 bridgehead atoms. The van der Waals surface area contributed by atoms with Crippen molar-refractivity contribution in [3.05, 3.63) is 48.3 Å². The molecule has 2 amide bonds. The Labute approximate surface area is 99.3 Å². The molecule has 0 N–H and O–H groups in total. The second kappa shape index (κ2) is 5.21. The first-order valence-corrected chi connectivity index (χ1v) is 5.37. The SMILES string of the molecule is O=C1C=CCCN1C(=O)/C=C/c1cccnc1.